The van der Waals surface area contributed by atoms with Crippen LogP contribution in [0.25, 0.3) is 0 Å². The van der Waals surface area contributed by atoms with E-state index in [1.165, 1.54) is 12.8 Å². The Kier molecular flexibility index (Phi) is 1.33. The third-order valence-corrected chi connectivity index (χ3v) is 11.3. The lowest BCUT2D eigenvalue weighted by molar-refractivity contribution is -0.250. The minimum Gasteiger partial charge on any atom is -0.462 e. The zero-order chi connectivity index (χ0) is 15.3. The molecule has 8 saturated carbocycles. The van der Waals surface area contributed by atoms with E-state index in [-0.39, 0.29) is 24.1 Å². The van der Waals surface area contributed by atoms with E-state index in [9.17, 15) is 9.59 Å². The predicted molar refractivity (Wildman–Crippen MR) is 78.0 cm³/mol. The molecule has 0 aromatic heterocycles. The topological polar surface area (TPSA) is 52.6 Å². The second kappa shape index (κ2) is 2.77. The second-order valence-corrected chi connectivity index (χ2v) is 10.5. The maximum atomic E-state index is 13.5. The Morgan fingerprint density at radius 3 is 1.54 bits per heavy atom. The van der Waals surface area contributed by atoms with Crippen LogP contribution < -0.4 is 0 Å². The molecule has 2 saturated heterocycles. The van der Waals surface area contributed by atoms with E-state index in [0.29, 0.717) is 59.2 Å². The minimum absolute atomic E-state index is 0.0392. The second-order valence-electron chi connectivity index (χ2n) is 10.5. The first kappa shape index (κ1) is 11.5. The van der Waals surface area contributed by atoms with Crippen LogP contribution in [0.4, 0.5) is 0 Å². The lowest BCUT2D eigenvalue weighted by Gasteiger charge is -2.62. The molecule has 2 heterocycles. The average molecular weight is 324 g/mol. The molecule has 2 aliphatic heterocycles. The molecule has 0 aromatic carbocycles. The van der Waals surface area contributed by atoms with Crippen LogP contribution in [0.5, 0.6) is 0 Å². The van der Waals surface area contributed by atoms with Crippen LogP contribution in [0.2, 0.25) is 0 Å². The zero-order valence-electron chi connectivity index (χ0n) is 13.4. The molecule has 0 amide bonds. The highest BCUT2D eigenvalue weighted by Gasteiger charge is 3.03. The summed E-state index contributed by atoms with van der Waals surface area (Å²) in [6.45, 7) is 0. The van der Waals surface area contributed by atoms with Gasteiger partial charge in [-0.05, 0) is 73.0 Å². The summed E-state index contributed by atoms with van der Waals surface area (Å²) in [4.78, 5) is 27.0. The van der Waals surface area contributed by atoms with Gasteiger partial charge in [-0.15, -0.1) is 0 Å². The summed E-state index contributed by atoms with van der Waals surface area (Å²) in [7, 11) is 0. The van der Waals surface area contributed by atoms with Gasteiger partial charge in [-0.3, -0.25) is 9.59 Å². The molecule has 124 valence electrons. The summed E-state index contributed by atoms with van der Waals surface area (Å²) < 4.78 is 12.2. The predicted octanol–water partition coefficient (Wildman–Crippen LogP) is 1.63. The molecule has 4 heteroatoms. The van der Waals surface area contributed by atoms with Crippen molar-refractivity contribution in [3.8, 4) is 0 Å². The first-order valence-corrected chi connectivity index (χ1v) is 10.2. The van der Waals surface area contributed by atoms with Gasteiger partial charge in [0.2, 0.25) is 0 Å². The molecule has 0 N–H and O–H groups in total. The van der Waals surface area contributed by atoms with E-state index in [1.807, 2.05) is 0 Å². The number of esters is 2. The Hall–Kier alpha value is -1.06. The fraction of sp³-hybridized carbons (Fsp3) is 0.900. The van der Waals surface area contributed by atoms with Crippen molar-refractivity contribution in [1.82, 2.24) is 0 Å². The van der Waals surface area contributed by atoms with Gasteiger partial charge in [-0.1, -0.05) is 0 Å². The fourth-order valence-corrected chi connectivity index (χ4v) is 12.0. The van der Waals surface area contributed by atoms with Gasteiger partial charge in [0, 0.05) is 11.8 Å². The molecule has 14 atom stereocenters. The number of hydrogen-bond donors (Lipinski definition) is 0. The number of hydrogen-bond acceptors (Lipinski definition) is 4. The van der Waals surface area contributed by atoms with E-state index in [1.54, 1.807) is 0 Å². The molecule has 8 aliphatic carbocycles. The van der Waals surface area contributed by atoms with E-state index in [0.717, 1.165) is 12.8 Å². The summed E-state index contributed by atoms with van der Waals surface area (Å²) in [5.41, 5.74) is -0.902. The molecule has 10 aliphatic rings. The van der Waals surface area contributed by atoms with Gasteiger partial charge in [0.05, 0.1) is 10.8 Å². The Morgan fingerprint density at radius 2 is 1.08 bits per heavy atom. The Bertz CT molecular complexity index is 723. The van der Waals surface area contributed by atoms with E-state index < -0.39 is 10.8 Å². The maximum absolute atomic E-state index is 13.5. The van der Waals surface area contributed by atoms with Crippen molar-refractivity contribution < 1.29 is 19.1 Å². The molecule has 10 rings (SSSR count). The van der Waals surface area contributed by atoms with Crippen molar-refractivity contribution >= 4 is 11.9 Å². The highest BCUT2D eigenvalue weighted by atomic mass is 16.6. The number of ether oxygens (including phenoxy) is 2. The lowest BCUT2D eigenvalue weighted by atomic mass is 9.42. The van der Waals surface area contributed by atoms with Crippen molar-refractivity contribution in [2.45, 2.75) is 37.9 Å². The summed E-state index contributed by atoms with van der Waals surface area (Å²) >= 11 is 0. The molecule has 8 bridgehead atoms. The third kappa shape index (κ3) is 0.641. The Balaban J connectivity index is 1.45. The normalized spacial score (nSPS) is 78.5. The van der Waals surface area contributed by atoms with Crippen molar-refractivity contribution in [2.75, 3.05) is 0 Å². The molecule has 24 heavy (non-hydrogen) atoms. The number of rotatable bonds is 0. The van der Waals surface area contributed by atoms with Crippen molar-refractivity contribution in [1.29, 1.82) is 0 Å². The van der Waals surface area contributed by atoms with Crippen molar-refractivity contribution in [3.63, 3.8) is 0 Å². The smallest absolute Gasteiger partial charge is 0.314 e. The fourth-order valence-electron chi connectivity index (χ4n) is 12.0. The third-order valence-electron chi connectivity index (χ3n) is 11.3. The van der Waals surface area contributed by atoms with E-state index in [4.69, 9.17) is 9.47 Å². The van der Waals surface area contributed by atoms with Crippen LogP contribution in [-0.4, -0.2) is 24.1 Å². The maximum Gasteiger partial charge on any atom is 0.314 e. The van der Waals surface area contributed by atoms with E-state index >= 15 is 0 Å². The monoisotopic (exact) mass is 324 g/mol. The molecule has 0 unspecified atom stereocenters. The van der Waals surface area contributed by atoms with Gasteiger partial charge in [0.25, 0.3) is 0 Å². The summed E-state index contributed by atoms with van der Waals surface area (Å²) in [5.74, 6) is 5.71. The molecule has 0 radical (unpaired) electrons. The number of carbonyl (C=O) groups excluding carboxylic acids is 2. The molecule has 4 nitrogen and oxygen atoms in total. The van der Waals surface area contributed by atoms with Crippen LogP contribution in [0.3, 0.4) is 0 Å². The van der Waals surface area contributed by atoms with E-state index in [2.05, 4.69) is 0 Å². The van der Waals surface area contributed by atoms with Gasteiger partial charge >= 0.3 is 11.9 Å². The Morgan fingerprint density at radius 1 is 0.625 bits per heavy atom. The molecule has 10 fully saturated rings. The van der Waals surface area contributed by atoms with Crippen molar-refractivity contribution in [2.24, 2.45) is 70.0 Å². The quantitative estimate of drug-likeness (QED) is 0.636. The largest absolute Gasteiger partial charge is 0.462 e. The SMILES string of the molecule is O=C1O[C@@H]2CC[C@@H]3[C@@H]2[C@H]2[C@H]4[C@@H]5[C@@H]6[C@@H]7[C@H]8CC[C@@H]7OC(=O)[C@]6([C@@H]34)[C@@]12[C@H]85. The van der Waals surface area contributed by atoms with Gasteiger partial charge in [-0.25, -0.2) is 0 Å². The molecule has 0 aromatic rings. The molecular formula is C20H20O4. The summed E-state index contributed by atoms with van der Waals surface area (Å²) in [6, 6.07) is 0. The average Bonchev–Trinajstić information content (AvgIpc) is 3.34. The van der Waals surface area contributed by atoms with Crippen LogP contribution in [0.1, 0.15) is 25.7 Å². The van der Waals surface area contributed by atoms with Gasteiger partial charge < -0.3 is 9.47 Å². The summed E-state index contributed by atoms with van der Waals surface area (Å²) in [5, 5.41) is 0. The first-order chi connectivity index (χ1) is 11.7. The number of carbonyl (C=O) groups is 2. The van der Waals surface area contributed by atoms with Crippen LogP contribution >= 0.6 is 0 Å². The van der Waals surface area contributed by atoms with Crippen LogP contribution in [0, 0.1) is 70.0 Å². The minimum atomic E-state index is -0.451. The molecular weight excluding hydrogens is 304 g/mol. The highest BCUT2D eigenvalue weighted by Crippen LogP contribution is 2.99. The standard InChI is InChI=1S/C20H20O4/c21-17-19-13-5-1-3-7-9(5)15-11(13)12-14(20(15,19)18(22)23-7)6-2-4-8(24-17)10(6)16(12)19/h5-16H,1-4H2/t5-,6-,7-,8+,9+,10-,11+,12+,13+,14-,15+,16+,19-,20-/m1/s1. The first-order valence-electron chi connectivity index (χ1n) is 10.2. The van der Waals surface area contributed by atoms with Crippen LogP contribution in [-0.2, 0) is 19.1 Å². The highest BCUT2D eigenvalue weighted by molar-refractivity contribution is 5.96. The van der Waals surface area contributed by atoms with Gasteiger partial charge in [0.1, 0.15) is 12.2 Å². The van der Waals surface area contributed by atoms with Gasteiger partial charge in [0.15, 0.2) is 0 Å². The van der Waals surface area contributed by atoms with Crippen LogP contribution in [0.15, 0.2) is 0 Å². The molecule has 2 spiro atoms. The van der Waals surface area contributed by atoms with Crippen molar-refractivity contribution in [3.05, 3.63) is 0 Å². The lowest BCUT2D eigenvalue weighted by Crippen LogP contribution is -2.71. The summed E-state index contributed by atoms with van der Waals surface area (Å²) in [6.07, 6.45) is 4.77. The Labute approximate surface area is 139 Å². The zero-order valence-corrected chi connectivity index (χ0v) is 13.4. The van der Waals surface area contributed by atoms with Gasteiger partial charge in [-0.2, -0.15) is 0 Å².